The van der Waals surface area contributed by atoms with Crippen LogP contribution in [0.15, 0.2) is 29.2 Å². The van der Waals surface area contributed by atoms with Crippen LogP contribution in [0.5, 0.6) is 0 Å². The normalized spacial score (nSPS) is 23.1. The summed E-state index contributed by atoms with van der Waals surface area (Å²) in [4.78, 5) is 2.73. The minimum absolute atomic E-state index is 0.226. The minimum atomic E-state index is -3.45. The fraction of sp³-hybridized carbons (Fsp3) is 0.647. The number of benzene rings is 1. The Morgan fingerprint density at radius 2 is 1.91 bits per heavy atom. The molecule has 0 spiro atoms. The molecule has 130 valence electrons. The number of sulfonamides is 1. The van der Waals surface area contributed by atoms with Gasteiger partial charge in [-0.3, -0.25) is 0 Å². The maximum atomic E-state index is 12.2. The molecule has 1 aromatic rings. The zero-order valence-corrected chi connectivity index (χ0v) is 15.5. The van der Waals surface area contributed by atoms with Crippen molar-refractivity contribution in [2.75, 3.05) is 26.2 Å². The minimum Gasteiger partial charge on any atom is -0.303 e. The summed E-state index contributed by atoms with van der Waals surface area (Å²) in [6.45, 7) is 8.46. The van der Waals surface area contributed by atoms with E-state index in [2.05, 4.69) is 23.5 Å². The van der Waals surface area contributed by atoms with Crippen LogP contribution < -0.4 is 4.72 Å². The van der Waals surface area contributed by atoms with Gasteiger partial charge in [0, 0.05) is 24.7 Å². The largest absolute Gasteiger partial charge is 0.303 e. The molecule has 2 atom stereocenters. The lowest BCUT2D eigenvalue weighted by molar-refractivity contribution is 0.139. The summed E-state index contributed by atoms with van der Waals surface area (Å²) in [6, 6.07) is 6.35. The molecule has 0 radical (unpaired) electrons. The van der Waals surface area contributed by atoms with Gasteiger partial charge in [-0.2, -0.15) is 0 Å². The molecule has 1 fully saturated rings. The van der Waals surface area contributed by atoms with Crippen molar-refractivity contribution < 1.29 is 8.42 Å². The molecule has 1 N–H and O–H groups in total. The van der Waals surface area contributed by atoms with Crippen molar-refractivity contribution in [3.63, 3.8) is 0 Å². The number of likely N-dealkylation sites (tertiary alicyclic amines) is 1. The second-order valence-corrected chi connectivity index (χ2v) is 8.97. The van der Waals surface area contributed by atoms with Crippen LogP contribution in [-0.2, 0) is 10.0 Å². The van der Waals surface area contributed by atoms with E-state index in [1.54, 1.807) is 18.2 Å². The van der Waals surface area contributed by atoms with Gasteiger partial charge in [-0.1, -0.05) is 31.5 Å². The predicted molar refractivity (Wildman–Crippen MR) is 95.3 cm³/mol. The molecule has 1 aliphatic rings. The van der Waals surface area contributed by atoms with E-state index in [0.29, 0.717) is 11.6 Å². The lowest BCUT2D eigenvalue weighted by atomic mass is 9.92. The third-order valence-corrected chi connectivity index (χ3v) is 5.94. The first-order valence-electron chi connectivity index (χ1n) is 8.34. The Morgan fingerprint density at radius 1 is 1.22 bits per heavy atom. The Labute approximate surface area is 145 Å². The van der Waals surface area contributed by atoms with Crippen LogP contribution in [0.2, 0.25) is 5.02 Å². The standard InChI is InChI=1S/C17H27ClN2O2S/c1-14-10-15(2)13-20(12-14)9-4-3-8-19-23(21,22)17-7-5-6-16(18)11-17/h5-7,11,14-15,19H,3-4,8-10,12-13H2,1-2H3. The molecular formula is C17H27ClN2O2S. The van der Waals surface area contributed by atoms with Gasteiger partial charge < -0.3 is 4.90 Å². The van der Waals surface area contributed by atoms with Crippen LogP contribution >= 0.6 is 11.6 Å². The molecule has 0 bridgehead atoms. The molecule has 23 heavy (non-hydrogen) atoms. The van der Waals surface area contributed by atoms with Crippen molar-refractivity contribution in [1.82, 2.24) is 9.62 Å². The first-order chi connectivity index (χ1) is 10.9. The monoisotopic (exact) mass is 358 g/mol. The average Bonchev–Trinajstić information content (AvgIpc) is 2.46. The van der Waals surface area contributed by atoms with Gasteiger partial charge in [0.1, 0.15) is 0 Å². The number of nitrogens with zero attached hydrogens (tertiary/aromatic N) is 1. The zero-order valence-electron chi connectivity index (χ0n) is 14.0. The van der Waals surface area contributed by atoms with Crippen LogP contribution in [0.4, 0.5) is 0 Å². The highest BCUT2D eigenvalue weighted by molar-refractivity contribution is 7.89. The smallest absolute Gasteiger partial charge is 0.240 e. The topological polar surface area (TPSA) is 49.4 Å². The summed E-state index contributed by atoms with van der Waals surface area (Å²) in [6.07, 6.45) is 3.17. The molecule has 1 aromatic carbocycles. The molecule has 0 aliphatic carbocycles. The maximum absolute atomic E-state index is 12.2. The van der Waals surface area contributed by atoms with E-state index in [9.17, 15) is 8.42 Å². The zero-order chi connectivity index (χ0) is 16.9. The van der Waals surface area contributed by atoms with E-state index in [4.69, 9.17) is 11.6 Å². The second-order valence-electron chi connectivity index (χ2n) is 6.77. The van der Waals surface area contributed by atoms with Crippen molar-refractivity contribution in [3.05, 3.63) is 29.3 Å². The molecule has 0 saturated carbocycles. The molecular weight excluding hydrogens is 332 g/mol. The summed E-state index contributed by atoms with van der Waals surface area (Å²) < 4.78 is 27.0. The van der Waals surface area contributed by atoms with Gasteiger partial charge in [-0.25, -0.2) is 13.1 Å². The highest BCUT2D eigenvalue weighted by Crippen LogP contribution is 2.21. The summed E-state index contributed by atoms with van der Waals surface area (Å²) >= 11 is 5.85. The van der Waals surface area contributed by atoms with E-state index in [0.717, 1.165) is 31.2 Å². The molecule has 2 rings (SSSR count). The highest BCUT2D eigenvalue weighted by atomic mass is 35.5. The van der Waals surface area contributed by atoms with E-state index in [1.165, 1.54) is 25.6 Å². The number of unbranched alkanes of at least 4 members (excludes halogenated alkanes) is 1. The van der Waals surface area contributed by atoms with Gasteiger partial charge in [-0.05, 0) is 55.8 Å². The van der Waals surface area contributed by atoms with Crippen molar-refractivity contribution in [2.45, 2.75) is 38.0 Å². The van der Waals surface area contributed by atoms with E-state index < -0.39 is 10.0 Å². The van der Waals surface area contributed by atoms with Crippen molar-refractivity contribution in [1.29, 1.82) is 0 Å². The Balaban J connectivity index is 1.71. The van der Waals surface area contributed by atoms with Crippen molar-refractivity contribution in [3.8, 4) is 0 Å². The first-order valence-corrected chi connectivity index (χ1v) is 10.2. The fourth-order valence-corrected chi connectivity index (χ4v) is 4.73. The van der Waals surface area contributed by atoms with Gasteiger partial charge in [0.25, 0.3) is 0 Å². The summed E-state index contributed by atoms with van der Waals surface area (Å²) in [5, 5.41) is 0.432. The Morgan fingerprint density at radius 3 is 2.57 bits per heavy atom. The van der Waals surface area contributed by atoms with E-state index in [-0.39, 0.29) is 4.90 Å². The Bertz CT molecular complexity index is 596. The summed E-state index contributed by atoms with van der Waals surface area (Å²) in [5.41, 5.74) is 0. The van der Waals surface area contributed by atoms with Crippen LogP contribution in [-0.4, -0.2) is 39.5 Å². The molecule has 2 unspecified atom stereocenters. The average molecular weight is 359 g/mol. The number of rotatable bonds is 7. The van der Waals surface area contributed by atoms with Crippen LogP contribution in [0.3, 0.4) is 0 Å². The molecule has 6 heteroatoms. The number of piperidine rings is 1. The third kappa shape index (κ3) is 6.07. The van der Waals surface area contributed by atoms with Gasteiger partial charge in [0.05, 0.1) is 4.90 Å². The maximum Gasteiger partial charge on any atom is 0.240 e. The number of nitrogens with one attached hydrogen (secondary N) is 1. The van der Waals surface area contributed by atoms with Crippen LogP contribution in [0.1, 0.15) is 33.1 Å². The van der Waals surface area contributed by atoms with Gasteiger partial charge in [0.2, 0.25) is 10.0 Å². The van der Waals surface area contributed by atoms with Gasteiger partial charge in [0.15, 0.2) is 0 Å². The van der Waals surface area contributed by atoms with Gasteiger partial charge >= 0.3 is 0 Å². The quantitative estimate of drug-likeness (QED) is 0.760. The van der Waals surface area contributed by atoms with E-state index in [1.807, 2.05) is 0 Å². The Kier molecular flexibility index (Phi) is 6.89. The fourth-order valence-electron chi connectivity index (χ4n) is 3.36. The van der Waals surface area contributed by atoms with Crippen LogP contribution in [0.25, 0.3) is 0 Å². The number of hydrogen-bond donors (Lipinski definition) is 1. The lowest BCUT2D eigenvalue weighted by Crippen LogP contribution is -2.39. The second kappa shape index (κ2) is 8.47. The molecule has 4 nitrogen and oxygen atoms in total. The summed E-state index contributed by atoms with van der Waals surface area (Å²) in [5.74, 6) is 1.53. The molecule has 0 amide bonds. The lowest BCUT2D eigenvalue weighted by Gasteiger charge is -2.34. The highest BCUT2D eigenvalue weighted by Gasteiger charge is 2.21. The SMILES string of the molecule is CC1CC(C)CN(CCCCNS(=O)(=O)c2cccc(Cl)c2)C1. The molecule has 1 saturated heterocycles. The number of halogens is 1. The van der Waals surface area contributed by atoms with Gasteiger partial charge in [-0.15, -0.1) is 0 Å². The number of hydrogen-bond acceptors (Lipinski definition) is 3. The summed E-state index contributed by atoms with van der Waals surface area (Å²) in [7, 11) is -3.45. The predicted octanol–water partition coefficient (Wildman–Crippen LogP) is 3.38. The molecule has 0 aromatic heterocycles. The van der Waals surface area contributed by atoms with E-state index >= 15 is 0 Å². The van der Waals surface area contributed by atoms with Crippen molar-refractivity contribution in [2.24, 2.45) is 11.8 Å². The first kappa shape index (κ1) is 18.7. The van der Waals surface area contributed by atoms with Crippen molar-refractivity contribution >= 4 is 21.6 Å². The third-order valence-electron chi connectivity index (χ3n) is 4.24. The Hall–Kier alpha value is -0.620. The molecule has 1 heterocycles. The molecule has 1 aliphatic heterocycles. The van der Waals surface area contributed by atoms with Crippen LogP contribution in [0, 0.1) is 11.8 Å².